The van der Waals surface area contributed by atoms with Crippen LogP contribution in [0.5, 0.6) is 5.75 Å². The lowest BCUT2D eigenvalue weighted by Crippen LogP contribution is -2.12. The average molecular weight is 369 g/mol. The summed E-state index contributed by atoms with van der Waals surface area (Å²) in [7, 11) is 0. The fourth-order valence-electron chi connectivity index (χ4n) is 2.74. The fourth-order valence-corrected chi connectivity index (χ4v) is 2.74. The maximum atomic E-state index is 12.5. The second-order valence-electron chi connectivity index (χ2n) is 6.23. The molecule has 1 heterocycles. The molecule has 1 amide bonds. The third-order valence-electron chi connectivity index (χ3n) is 4.22. The normalized spacial score (nSPS) is 10.4. The summed E-state index contributed by atoms with van der Waals surface area (Å²) in [6, 6.07) is 28.5. The minimum Gasteiger partial charge on any atom is -0.489 e. The van der Waals surface area contributed by atoms with Crippen molar-refractivity contribution in [2.45, 2.75) is 6.61 Å². The molecule has 0 aliphatic heterocycles. The molecule has 0 aliphatic rings. The second kappa shape index (κ2) is 8.22. The molecular weight excluding hydrogens is 350 g/mol. The highest BCUT2D eigenvalue weighted by atomic mass is 16.5. The minimum atomic E-state index is -0.200. The molecule has 138 valence electrons. The first-order valence-corrected chi connectivity index (χ1v) is 8.97. The van der Waals surface area contributed by atoms with E-state index in [1.807, 2.05) is 79.0 Å². The van der Waals surface area contributed by atoms with Crippen LogP contribution in [0.2, 0.25) is 0 Å². The smallest absolute Gasteiger partial charge is 0.256 e. The van der Waals surface area contributed by atoms with E-state index in [1.54, 1.807) is 22.9 Å². The Balaban J connectivity index is 1.37. The van der Waals surface area contributed by atoms with Gasteiger partial charge in [0.05, 0.1) is 5.69 Å². The Morgan fingerprint density at radius 1 is 0.857 bits per heavy atom. The zero-order valence-electron chi connectivity index (χ0n) is 15.2. The van der Waals surface area contributed by atoms with Gasteiger partial charge in [0, 0.05) is 17.8 Å². The molecule has 5 heteroatoms. The summed E-state index contributed by atoms with van der Waals surface area (Å²) in [5.41, 5.74) is 2.50. The molecule has 0 unspecified atom stereocenters. The van der Waals surface area contributed by atoms with Crippen molar-refractivity contribution in [1.29, 1.82) is 0 Å². The summed E-state index contributed by atoms with van der Waals surface area (Å²) in [5, 5.41) is 7.21. The van der Waals surface area contributed by atoms with Crippen molar-refractivity contribution in [3.05, 3.63) is 108 Å². The Morgan fingerprint density at radius 3 is 2.25 bits per heavy atom. The van der Waals surface area contributed by atoms with Gasteiger partial charge in [-0.2, -0.15) is 5.10 Å². The third-order valence-corrected chi connectivity index (χ3v) is 4.22. The van der Waals surface area contributed by atoms with Crippen LogP contribution >= 0.6 is 0 Å². The number of hydrogen-bond donors (Lipinski definition) is 1. The van der Waals surface area contributed by atoms with Crippen LogP contribution in [0.1, 0.15) is 15.9 Å². The number of rotatable bonds is 6. The summed E-state index contributed by atoms with van der Waals surface area (Å²) >= 11 is 0. The number of carbonyl (C=O) groups excluding carboxylic acids is 1. The quantitative estimate of drug-likeness (QED) is 0.536. The lowest BCUT2D eigenvalue weighted by molar-refractivity contribution is 0.102. The highest BCUT2D eigenvalue weighted by Gasteiger charge is 2.09. The van der Waals surface area contributed by atoms with Crippen molar-refractivity contribution in [3.8, 4) is 11.4 Å². The fraction of sp³-hybridized carbons (Fsp3) is 0.0435. The van der Waals surface area contributed by atoms with Crippen LogP contribution < -0.4 is 10.1 Å². The number of anilines is 1. The number of benzene rings is 3. The van der Waals surface area contributed by atoms with Crippen LogP contribution in [0.25, 0.3) is 5.69 Å². The van der Waals surface area contributed by atoms with Crippen LogP contribution in [-0.2, 0) is 6.61 Å². The van der Waals surface area contributed by atoms with E-state index in [9.17, 15) is 4.79 Å². The standard InChI is InChI=1S/C23H19N3O2/c27-23(24-22-15-16-26(25-22)20-7-3-1-4-8-20)19-13-11-18(12-14-19)17-28-21-9-5-2-6-10-21/h1-16H,17H2,(H,24,25,27). The third kappa shape index (κ3) is 4.27. The second-order valence-corrected chi connectivity index (χ2v) is 6.23. The highest BCUT2D eigenvalue weighted by Crippen LogP contribution is 2.14. The van der Waals surface area contributed by atoms with Crippen LogP contribution in [-0.4, -0.2) is 15.7 Å². The molecule has 0 saturated heterocycles. The maximum absolute atomic E-state index is 12.5. The number of ether oxygens (including phenoxy) is 1. The molecule has 0 bridgehead atoms. The van der Waals surface area contributed by atoms with Crippen molar-refractivity contribution >= 4 is 11.7 Å². The molecule has 28 heavy (non-hydrogen) atoms. The largest absolute Gasteiger partial charge is 0.489 e. The van der Waals surface area contributed by atoms with Gasteiger partial charge in [0.15, 0.2) is 5.82 Å². The van der Waals surface area contributed by atoms with Gasteiger partial charge >= 0.3 is 0 Å². The summed E-state index contributed by atoms with van der Waals surface area (Å²) in [6.45, 7) is 0.452. The zero-order valence-corrected chi connectivity index (χ0v) is 15.2. The number of para-hydroxylation sites is 2. The monoisotopic (exact) mass is 369 g/mol. The Labute approximate surface area is 163 Å². The van der Waals surface area contributed by atoms with Gasteiger partial charge < -0.3 is 10.1 Å². The molecule has 1 N–H and O–H groups in total. The van der Waals surface area contributed by atoms with Gasteiger partial charge in [-0.25, -0.2) is 4.68 Å². The minimum absolute atomic E-state index is 0.200. The maximum Gasteiger partial charge on any atom is 0.256 e. The van der Waals surface area contributed by atoms with Gasteiger partial charge in [-0.05, 0) is 42.0 Å². The number of nitrogens with zero attached hydrogens (tertiary/aromatic N) is 2. The lowest BCUT2D eigenvalue weighted by atomic mass is 10.1. The topological polar surface area (TPSA) is 56.2 Å². The first-order valence-electron chi connectivity index (χ1n) is 8.97. The van der Waals surface area contributed by atoms with Crippen molar-refractivity contribution in [1.82, 2.24) is 9.78 Å². The number of hydrogen-bond acceptors (Lipinski definition) is 3. The van der Waals surface area contributed by atoms with Crippen molar-refractivity contribution in [3.63, 3.8) is 0 Å². The number of carbonyl (C=O) groups is 1. The van der Waals surface area contributed by atoms with E-state index in [-0.39, 0.29) is 5.91 Å². The average Bonchev–Trinajstić information content (AvgIpc) is 3.22. The molecule has 4 aromatic rings. The van der Waals surface area contributed by atoms with E-state index < -0.39 is 0 Å². The number of aromatic nitrogens is 2. The molecule has 0 fully saturated rings. The SMILES string of the molecule is O=C(Nc1ccn(-c2ccccc2)n1)c1ccc(COc2ccccc2)cc1. The van der Waals surface area contributed by atoms with Gasteiger partial charge in [0.2, 0.25) is 0 Å². The summed E-state index contributed by atoms with van der Waals surface area (Å²) in [6.07, 6.45) is 1.81. The van der Waals surface area contributed by atoms with Crippen LogP contribution in [0.3, 0.4) is 0 Å². The zero-order chi connectivity index (χ0) is 19.2. The Bertz CT molecular complexity index is 1040. The molecule has 0 saturated carbocycles. The molecule has 0 aliphatic carbocycles. The van der Waals surface area contributed by atoms with Crippen molar-refractivity contribution in [2.24, 2.45) is 0 Å². The lowest BCUT2D eigenvalue weighted by Gasteiger charge is -2.07. The van der Waals surface area contributed by atoms with Crippen LogP contribution in [0.15, 0.2) is 97.2 Å². The Hall–Kier alpha value is -3.86. The molecule has 5 nitrogen and oxygen atoms in total. The van der Waals surface area contributed by atoms with Gasteiger partial charge in [0.1, 0.15) is 12.4 Å². The highest BCUT2D eigenvalue weighted by molar-refractivity contribution is 6.03. The Kier molecular flexibility index (Phi) is 5.15. The summed E-state index contributed by atoms with van der Waals surface area (Å²) in [5.74, 6) is 1.12. The van der Waals surface area contributed by atoms with Crippen molar-refractivity contribution < 1.29 is 9.53 Å². The Morgan fingerprint density at radius 2 is 1.54 bits per heavy atom. The van der Waals surface area contributed by atoms with Gasteiger partial charge in [-0.15, -0.1) is 0 Å². The predicted molar refractivity (Wildman–Crippen MR) is 109 cm³/mol. The molecule has 1 aromatic heterocycles. The molecule has 0 radical (unpaired) electrons. The van der Waals surface area contributed by atoms with Gasteiger partial charge in [-0.1, -0.05) is 48.5 Å². The van der Waals surface area contributed by atoms with E-state index in [0.29, 0.717) is 18.0 Å². The first kappa shape index (κ1) is 17.5. The molecule has 0 atom stereocenters. The van der Waals surface area contributed by atoms with Gasteiger partial charge in [0.25, 0.3) is 5.91 Å². The molecule has 4 rings (SSSR count). The van der Waals surface area contributed by atoms with E-state index in [2.05, 4.69) is 10.4 Å². The number of nitrogens with one attached hydrogen (secondary N) is 1. The summed E-state index contributed by atoms with van der Waals surface area (Å²) < 4.78 is 7.44. The number of amides is 1. The van der Waals surface area contributed by atoms with Crippen molar-refractivity contribution in [2.75, 3.05) is 5.32 Å². The molecule has 0 spiro atoms. The molecule has 3 aromatic carbocycles. The van der Waals surface area contributed by atoms with Crippen LogP contribution in [0, 0.1) is 0 Å². The van der Waals surface area contributed by atoms with E-state index in [1.165, 1.54) is 0 Å². The first-order chi connectivity index (χ1) is 13.8. The predicted octanol–water partition coefficient (Wildman–Crippen LogP) is 4.70. The van der Waals surface area contributed by atoms with E-state index in [4.69, 9.17) is 4.74 Å². The van der Waals surface area contributed by atoms with Crippen LogP contribution in [0.4, 0.5) is 5.82 Å². The van der Waals surface area contributed by atoms with Gasteiger partial charge in [-0.3, -0.25) is 4.79 Å². The van der Waals surface area contributed by atoms with E-state index in [0.717, 1.165) is 17.0 Å². The summed E-state index contributed by atoms with van der Waals surface area (Å²) in [4.78, 5) is 12.5. The molecular formula is C23H19N3O2. The van der Waals surface area contributed by atoms with E-state index >= 15 is 0 Å².